The predicted molar refractivity (Wildman–Crippen MR) is 76.8 cm³/mol. The molecule has 0 unspecified atom stereocenters. The zero-order valence-corrected chi connectivity index (χ0v) is 10.8. The standard InChI is InChI=1S/C14H11N3O4/c18-12(19)7-17-13(20)11(16-14(17)21)5-8-6-15-10-4-2-1-3-9(8)10/h1-6,20H,7H2,(H,16,21)(H,18,19). The summed E-state index contributed by atoms with van der Waals surface area (Å²) in [6.45, 7) is -0.602. The number of carbonyl (C=O) groups is 1. The van der Waals surface area contributed by atoms with Crippen LogP contribution in [0.1, 0.15) is 11.3 Å². The molecular weight excluding hydrogens is 274 g/mol. The minimum atomic E-state index is -1.21. The lowest BCUT2D eigenvalue weighted by molar-refractivity contribution is -0.137. The molecule has 3 rings (SSSR count). The van der Waals surface area contributed by atoms with Gasteiger partial charge in [-0.15, -0.1) is 0 Å². The van der Waals surface area contributed by atoms with Gasteiger partial charge < -0.3 is 15.2 Å². The zero-order chi connectivity index (χ0) is 15.0. The number of hydrogen-bond acceptors (Lipinski definition) is 4. The largest absolute Gasteiger partial charge is 0.493 e. The number of H-pyrrole nitrogens is 1. The first-order valence-electron chi connectivity index (χ1n) is 6.15. The summed E-state index contributed by atoms with van der Waals surface area (Å²) in [4.78, 5) is 29.0. The smallest absolute Gasteiger partial charge is 0.329 e. The summed E-state index contributed by atoms with van der Waals surface area (Å²) in [6, 6.07) is 7.45. The van der Waals surface area contributed by atoms with Gasteiger partial charge in [0, 0.05) is 17.4 Å². The maximum absolute atomic E-state index is 11.6. The monoisotopic (exact) mass is 285 g/mol. The Kier molecular flexibility index (Phi) is 2.94. The molecule has 0 bridgehead atoms. The van der Waals surface area contributed by atoms with Gasteiger partial charge in [0.05, 0.1) is 5.69 Å². The second-order valence-electron chi connectivity index (χ2n) is 4.52. The first-order valence-corrected chi connectivity index (χ1v) is 6.15. The van der Waals surface area contributed by atoms with Crippen molar-refractivity contribution in [1.82, 2.24) is 9.55 Å². The number of aliphatic carboxylic acids is 1. The van der Waals surface area contributed by atoms with E-state index >= 15 is 0 Å². The third-order valence-electron chi connectivity index (χ3n) is 3.13. The van der Waals surface area contributed by atoms with Crippen LogP contribution >= 0.6 is 0 Å². The summed E-state index contributed by atoms with van der Waals surface area (Å²) in [5, 5.41) is 18.7. The number of carboxylic acid groups (broad SMARTS) is 1. The molecule has 0 radical (unpaired) electrons. The highest BCUT2D eigenvalue weighted by atomic mass is 16.4. The number of para-hydroxylation sites is 1. The van der Waals surface area contributed by atoms with Crippen molar-refractivity contribution in [2.75, 3.05) is 0 Å². The third-order valence-corrected chi connectivity index (χ3v) is 3.13. The number of rotatable bonds is 3. The highest BCUT2D eigenvalue weighted by Crippen LogP contribution is 2.32. The molecule has 3 N–H and O–H groups in total. The van der Waals surface area contributed by atoms with E-state index in [1.165, 1.54) is 0 Å². The number of aliphatic imine (C=N–C) groups is 1. The molecule has 21 heavy (non-hydrogen) atoms. The molecule has 7 heteroatoms. The van der Waals surface area contributed by atoms with Gasteiger partial charge in [0.15, 0.2) is 0 Å². The van der Waals surface area contributed by atoms with Crippen LogP contribution in [0.2, 0.25) is 0 Å². The van der Waals surface area contributed by atoms with Crippen LogP contribution < -0.4 is 5.69 Å². The van der Waals surface area contributed by atoms with Crippen LogP contribution in [-0.2, 0) is 11.3 Å². The zero-order valence-electron chi connectivity index (χ0n) is 10.8. The highest BCUT2D eigenvalue weighted by Gasteiger charge is 2.16. The molecule has 0 saturated heterocycles. The second-order valence-corrected chi connectivity index (χ2v) is 4.52. The van der Waals surface area contributed by atoms with Crippen molar-refractivity contribution in [2.24, 2.45) is 4.99 Å². The summed E-state index contributed by atoms with van der Waals surface area (Å²) in [5.41, 5.74) is 1.88. The predicted octanol–water partition coefficient (Wildman–Crippen LogP) is 1.22. The third kappa shape index (κ3) is 2.25. The number of hydrogen-bond donors (Lipinski definition) is 3. The maximum Gasteiger partial charge on any atom is 0.329 e. The van der Waals surface area contributed by atoms with Crippen LogP contribution in [0.3, 0.4) is 0 Å². The minimum Gasteiger partial charge on any atom is -0.493 e. The first-order chi connectivity index (χ1) is 10.1. The van der Waals surface area contributed by atoms with Gasteiger partial charge in [-0.3, -0.25) is 14.4 Å². The fraction of sp³-hybridized carbons (Fsp3) is 0.0714. The molecule has 0 spiro atoms. The summed E-state index contributed by atoms with van der Waals surface area (Å²) in [5.74, 6) is -1.62. The molecule has 0 aliphatic carbocycles. The lowest BCUT2D eigenvalue weighted by atomic mass is 10.1. The van der Waals surface area contributed by atoms with Crippen molar-refractivity contribution in [3.05, 3.63) is 46.0 Å². The molecule has 2 aromatic rings. The second kappa shape index (κ2) is 4.78. The highest BCUT2D eigenvalue weighted by molar-refractivity contribution is 6.21. The molecule has 1 aliphatic heterocycles. The van der Waals surface area contributed by atoms with Crippen LogP contribution in [0.15, 0.2) is 34.1 Å². The van der Waals surface area contributed by atoms with Crippen molar-refractivity contribution < 1.29 is 15.0 Å². The summed E-state index contributed by atoms with van der Waals surface area (Å²) >= 11 is 0. The van der Waals surface area contributed by atoms with Crippen molar-refractivity contribution in [3.63, 3.8) is 0 Å². The van der Waals surface area contributed by atoms with Crippen LogP contribution in [0.5, 0.6) is 5.88 Å². The first kappa shape index (κ1) is 12.9. The normalized spacial score (nSPS) is 14.6. The van der Waals surface area contributed by atoms with Crippen molar-refractivity contribution >= 4 is 29.5 Å². The van der Waals surface area contributed by atoms with Crippen molar-refractivity contribution in [3.8, 4) is 5.88 Å². The van der Waals surface area contributed by atoms with Gasteiger partial charge in [-0.2, -0.15) is 0 Å². The molecule has 1 aliphatic rings. The van der Waals surface area contributed by atoms with Gasteiger partial charge >= 0.3 is 11.7 Å². The van der Waals surface area contributed by atoms with E-state index < -0.39 is 24.1 Å². The fourth-order valence-electron chi connectivity index (χ4n) is 2.17. The Morgan fingerprint density at radius 2 is 2.14 bits per heavy atom. The Morgan fingerprint density at radius 3 is 2.90 bits per heavy atom. The molecule has 0 saturated carbocycles. The number of nitrogens with one attached hydrogen (secondary N) is 1. The van der Waals surface area contributed by atoms with Gasteiger partial charge in [0.2, 0.25) is 5.88 Å². The average molecular weight is 285 g/mol. The Bertz CT molecular complexity index is 842. The van der Waals surface area contributed by atoms with Gasteiger partial charge in [0.25, 0.3) is 0 Å². The molecule has 1 aromatic heterocycles. The van der Waals surface area contributed by atoms with E-state index in [2.05, 4.69) is 9.98 Å². The van der Waals surface area contributed by atoms with Gasteiger partial charge in [0.1, 0.15) is 12.2 Å². The number of aromatic hydroxyl groups is 1. The number of fused-ring (bicyclic) bond motifs is 1. The molecule has 106 valence electrons. The summed E-state index contributed by atoms with van der Waals surface area (Å²) in [7, 11) is 0. The number of aromatic amines is 1. The number of nitrogens with zero attached hydrogens (tertiary/aromatic N) is 2. The molecule has 1 aromatic carbocycles. The van der Waals surface area contributed by atoms with E-state index in [0.29, 0.717) is 0 Å². The maximum atomic E-state index is 11.6. The number of allylic oxidation sites excluding steroid dienone is 1. The summed E-state index contributed by atoms with van der Waals surface area (Å²) in [6.07, 6.45) is 3.18. The van der Waals surface area contributed by atoms with E-state index in [0.717, 1.165) is 21.4 Å². The van der Waals surface area contributed by atoms with Gasteiger partial charge in [-0.1, -0.05) is 18.2 Å². The van der Waals surface area contributed by atoms with Crippen LogP contribution in [0.4, 0.5) is 5.69 Å². The van der Waals surface area contributed by atoms with Crippen LogP contribution in [0.25, 0.3) is 11.6 Å². The molecular formula is C14H11N3O4. The van der Waals surface area contributed by atoms with Crippen LogP contribution in [-0.4, -0.2) is 31.9 Å². The lowest BCUT2D eigenvalue weighted by Gasteiger charge is -2.00. The number of aromatic nitrogens is 2. The topological polar surface area (TPSA) is 108 Å². The molecule has 2 heterocycles. The molecule has 7 nitrogen and oxygen atoms in total. The van der Waals surface area contributed by atoms with E-state index in [-0.39, 0.29) is 5.69 Å². The van der Waals surface area contributed by atoms with Crippen LogP contribution in [0, 0.1) is 0 Å². The van der Waals surface area contributed by atoms with Gasteiger partial charge in [-0.25, -0.2) is 4.79 Å². The minimum absolute atomic E-state index is 0.152. The molecule has 0 atom stereocenters. The van der Waals surface area contributed by atoms with Crippen molar-refractivity contribution in [1.29, 1.82) is 0 Å². The van der Waals surface area contributed by atoms with E-state index in [1.54, 1.807) is 12.3 Å². The lowest BCUT2D eigenvalue weighted by Crippen LogP contribution is -2.21. The number of carboxylic acids is 1. The quantitative estimate of drug-likeness (QED) is 0.788. The Morgan fingerprint density at radius 1 is 1.38 bits per heavy atom. The summed E-state index contributed by atoms with van der Waals surface area (Å²) < 4.78 is 0.757. The Hall–Kier alpha value is -3.09. The average Bonchev–Trinajstić information content (AvgIpc) is 2.96. The van der Waals surface area contributed by atoms with E-state index in [1.807, 2.05) is 24.3 Å². The van der Waals surface area contributed by atoms with Gasteiger partial charge in [-0.05, 0) is 12.1 Å². The number of benzene rings is 1. The van der Waals surface area contributed by atoms with E-state index in [9.17, 15) is 14.7 Å². The SMILES string of the molecule is O=C(O)Cn1c(O)c(C=C2C=Nc3ccccc32)[nH]c1=O. The molecule has 0 amide bonds. The number of imidazole rings is 1. The fourth-order valence-corrected chi connectivity index (χ4v) is 2.17. The van der Waals surface area contributed by atoms with E-state index in [4.69, 9.17) is 5.11 Å². The van der Waals surface area contributed by atoms with Crippen molar-refractivity contribution in [2.45, 2.75) is 6.54 Å². The Labute approximate surface area is 118 Å². The molecule has 0 fully saturated rings. The Balaban J connectivity index is 2.04.